The number of ether oxygens (including phenoxy) is 2. The van der Waals surface area contributed by atoms with Crippen molar-refractivity contribution in [3.8, 4) is 0 Å². The average Bonchev–Trinajstić information content (AvgIpc) is 2.15. The molecule has 0 saturated carbocycles. The highest BCUT2D eigenvalue weighted by molar-refractivity contribution is 5.74. The van der Waals surface area contributed by atoms with Crippen LogP contribution in [0.3, 0.4) is 0 Å². The fourth-order valence-electron chi connectivity index (χ4n) is 0.924. The second-order valence-corrected chi connectivity index (χ2v) is 2.92. The summed E-state index contributed by atoms with van der Waals surface area (Å²) in [6.07, 6.45) is 2.83. The van der Waals surface area contributed by atoms with Gasteiger partial charge in [-0.05, 0) is 19.3 Å². The van der Waals surface area contributed by atoms with E-state index in [2.05, 4.69) is 0 Å². The summed E-state index contributed by atoms with van der Waals surface area (Å²) in [6.45, 7) is 1.69. The maximum absolute atomic E-state index is 10.3. The van der Waals surface area contributed by atoms with E-state index in [1.165, 1.54) is 0 Å². The number of nitrogens with two attached hydrogens (primary N) is 1. The number of unbranched alkanes of at least 4 members (excludes halogenated alkanes) is 2. The molecule has 0 unspecified atom stereocenters. The Labute approximate surface area is 84.2 Å². The van der Waals surface area contributed by atoms with Gasteiger partial charge in [0.15, 0.2) is 0 Å². The van der Waals surface area contributed by atoms with Gasteiger partial charge in [0.05, 0.1) is 13.2 Å². The third kappa shape index (κ3) is 11.4. The number of amides is 1. The first-order valence-electron chi connectivity index (χ1n) is 4.82. The fraction of sp³-hybridized carbons (Fsp3) is 0.889. The van der Waals surface area contributed by atoms with E-state index >= 15 is 0 Å². The number of aliphatic hydroxyl groups is 1. The Balaban J connectivity index is 2.88. The van der Waals surface area contributed by atoms with Crippen molar-refractivity contribution < 1.29 is 19.4 Å². The van der Waals surface area contributed by atoms with Gasteiger partial charge in [-0.25, -0.2) is 0 Å². The van der Waals surface area contributed by atoms with Crippen molar-refractivity contribution in [1.29, 1.82) is 0 Å². The molecule has 0 aliphatic heterocycles. The van der Waals surface area contributed by atoms with E-state index in [1.54, 1.807) is 0 Å². The maximum Gasteiger partial charge on any atom is 0.243 e. The first-order valence-corrected chi connectivity index (χ1v) is 4.82. The van der Waals surface area contributed by atoms with Crippen molar-refractivity contribution in [2.45, 2.75) is 19.3 Å². The number of aliphatic hydroxyl groups excluding tert-OH is 1. The lowest BCUT2D eigenvalue weighted by Gasteiger charge is -2.02. The summed E-state index contributed by atoms with van der Waals surface area (Å²) in [4.78, 5) is 10.3. The van der Waals surface area contributed by atoms with Gasteiger partial charge in [0, 0.05) is 13.2 Å². The molecule has 0 bridgehead atoms. The van der Waals surface area contributed by atoms with Crippen LogP contribution >= 0.6 is 0 Å². The molecule has 3 N–H and O–H groups in total. The predicted molar refractivity (Wildman–Crippen MR) is 51.8 cm³/mol. The highest BCUT2D eigenvalue weighted by Gasteiger charge is 1.94. The SMILES string of the molecule is NC(=O)COCCCCCOCCO. The fourth-order valence-corrected chi connectivity index (χ4v) is 0.924. The van der Waals surface area contributed by atoms with Crippen LogP contribution in [-0.2, 0) is 14.3 Å². The van der Waals surface area contributed by atoms with Gasteiger partial charge in [0.25, 0.3) is 0 Å². The molecule has 0 radical (unpaired) electrons. The van der Waals surface area contributed by atoms with Gasteiger partial charge in [-0.1, -0.05) is 0 Å². The third-order valence-corrected chi connectivity index (χ3v) is 1.56. The van der Waals surface area contributed by atoms with E-state index in [0.717, 1.165) is 19.3 Å². The van der Waals surface area contributed by atoms with Crippen molar-refractivity contribution in [2.24, 2.45) is 5.73 Å². The Morgan fingerprint density at radius 3 is 2.29 bits per heavy atom. The van der Waals surface area contributed by atoms with Crippen LogP contribution < -0.4 is 5.73 Å². The second kappa shape index (κ2) is 10.4. The van der Waals surface area contributed by atoms with Crippen molar-refractivity contribution in [3.05, 3.63) is 0 Å². The zero-order chi connectivity index (χ0) is 10.6. The molecule has 0 saturated heterocycles. The van der Waals surface area contributed by atoms with Crippen LogP contribution in [0, 0.1) is 0 Å². The van der Waals surface area contributed by atoms with Crippen LogP contribution in [0.2, 0.25) is 0 Å². The lowest BCUT2D eigenvalue weighted by Crippen LogP contribution is -2.18. The molecule has 0 aliphatic rings. The van der Waals surface area contributed by atoms with Gasteiger partial charge in [-0.15, -0.1) is 0 Å². The Morgan fingerprint density at radius 2 is 1.71 bits per heavy atom. The molecule has 0 fully saturated rings. The Kier molecular flexibility index (Phi) is 9.95. The molecule has 14 heavy (non-hydrogen) atoms. The summed E-state index contributed by atoms with van der Waals surface area (Å²) in [5, 5.41) is 8.40. The van der Waals surface area contributed by atoms with Crippen LogP contribution in [-0.4, -0.2) is 44.0 Å². The number of hydrogen-bond acceptors (Lipinski definition) is 4. The van der Waals surface area contributed by atoms with Crippen LogP contribution in [0.4, 0.5) is 0 Å². The molecule has 0 heterocycles. The van der Waals surface area contributed by atoms with Crippen molar-refractivity contribution >= 4 is 5.91 Å². The summed E-state index contributed by atoms with van der Waals surface area (Å²) in [5.41, 5.74) is 4.88. The third-order valence-electron chi connectivity index (χ3n) is 1.56. The number of primary amides is 1. The molecule has 0 rings (SSSR count). The summed E-state index contributed by atoms with van der Waals surface area (Å²) >= 11 is 0. The minimum atomic E-state index is -0.434. The predicted octanol–water partition coefficient (Wildman–Crippen LogP) is -0.333. The van der Waals surface area contributed by atoms with Gasteiger partial charge in [-0.3, -0.25) is 4.79 Å². The van der Waals surface area contributed by atoms with Crippen LogP contribution in [0.25, 0.3) is 0 Å². The quantitative estimate of drug-likeness (QED) is 0.478. The smallest absolute Gasteiger partial charge is 0.243 e. The van der Waals surface area contributed by atoms with Crippen molar-refractivity contribution in [3.63, 3.8) is 0 Å². The summed E-state index contributed by atoms with van der Waals surface area (Å²) in [5.74, 6) is -0.434. The normalized spacial score (nSPS) is 10.4. The molecule has 0 aromatic carbocycles. The molecule has 0 atom stereocenters. The summed E-state index contributed by atoms with van der Waals surface area (Å²) < 4.78 is 10.0. The van der Waals surface area contributed by atoms with E-state index < -0.39 is 5.91 Å². The summed E-state index contributed by atoms with van der Waals surface area (Å²) in [7, 11) is 0. The van der Waals surface area contributed by atoms with Gasteiger partial charge in [0.2, 0.25) is 5.91 Å². The van der Waals surface area contributed by atoms with E-state index in [0.29, 0.717) is 19.8 Å². The summed E-state index contributed by atoms with van der Waals surface area (Å²) in [6, 6.07) is 0. The first kappa shape index (κ1) is 13.4. The molecule has 0 aromatic heterocycles. The number of carbonyl (C=O) groups excluding carboxylic acids is 1. The highest BCUT2D eigenvalue weighted by atomic mass is 16.5. The molecular formula is C9H19NO4. The molecule has 0 spiro atoms. The highest BCUT2D eigenvalue weighted by Crippen LogP contribution is 1.96. The van der Waals surface area contributed by atoms with Crippen LogP contribution in [0.1, 0.15) is 19.3 Å². The van der Waals surface area contributed by atoms with Crippen molar-refractivity contribution in [2.75, 3.05) is 33.0 Å². The number of rotatable bonds is 10. The Bertz CT molecular complexity index is 141. The lowest BCUT2D eigenvalue weighted by molar-refractivity contribution is -0.122. The van der Waals surface area contributed by atoms with E-state index in [1.807, 2.05) is 0 Å². The van der Waals surface area contributed by atoms with Crippen LogP contribution in [0.15, 0.2) is 0 Å². The molecule has 5 nitrogen and oxygen atoms in total. The second-order valence-electron chi connectivity index (χ2n) is 2.92. The largest absolute Gasteiger partial charge is 0.394 e. The number of hydrogen-bond donors (Lipinski definition) is 2. The van der Waals surface area contributed by atoms with Crippen molar-refractivity contribution in [1.82, 2.24) is 0 Å². The number of carbonyl (C=O) groups is 1. The van der Waals surface area contributed by atoms with E-state index in [9.17, 15) is 4.79 Å². The van der Waals surface area contributed by atoms with E-state index in [-0.39, 0.29) is 13.2 Å². The van der Waals surface area contributed by atoms with Gasteiger partial charge < -0.3 is 20.3 Å². The monoisotopic (exact) mass is 205 g/mol. The topological polar surface area (TPSA) is 81.8 Å². The standard InChI is InChI=1S/C9H19NO4/c10-9(12)8-14-6-3-1-2-5-13-7-4-11/h11H,1-8H2,(H2,10,12). The Hall–Kier alpha value is -0.650. The molecule has 1 amide bonds. The zero-order valence-corrected chi connectivity index (χ0v) is 8.41. The molecule has 5 heteroatoms. The minimum Gasteiger partial charge on any atom is -0.394 e. The average molecular weight is 205 g/mol. The van der Waals surface area contributed by atoms with Crippen LogP contribution in [0.5, 0.6) is 0 Å². The van der Waals surface area contributed by atoms with Gasteiger partial charge >= 0.3 is 0 Å². The molecule has 0 aromatic rings. The molecule has 0 aliphatic carbocycles. The van der Waals surface area contributed by atoms with Gasteiger partial charge in [-0.2, -0.15) is 0 Å². The van der Waals surface area contributed by atoms with E-state index in [4.69, 9.17) is 20.3 Å². The molecular weight excluding hydrogens is 186 g/mol. The lowest BCUT2D eigenvalue weighted by atomic mass is 10.2. The maximum atomic E-state index is 10.3. The zero-order valence-electron chi connectivity index (χ0n) is 8.41. The van der Waals surface area contributed by atoms with Gasteiger partial charge in [0.1, 0.15) is 6.61 Å². The first-order chi connectivity index (χ1) is 6.77. The molecule has 84 valence electrons. The Morgan fingerprint density at radius 1 is 1.07 bits per heavy atom. The minimum absolute atomic E-state index is 0.00100.